The standard InChI is InChI=1S/C13H24N2O2/c1-12(2,3)17-11(16)15-9-7-13(10-15)6-5-8-14(13)4/h5-10H2,1-4H3. The molecule has 2 aliphatic rings. The molecule has 4 heteroatoms. The van der Waals surface area contributed by atoms with Crippen LogP contribution >= 0.6 is 0 Å². The molecule has 0 aromatic carbocycles. The summed E-state index contributed by atoms with van der Waals surface area (Å²) < 4.78 is 5.43. The van der Waals surface area contributed by atoms with Gasteiger partial charge in [0.05, 0.1) is 0 Å². The van der Waals surface area contributed by atoms with Crippen molar-refractivity contribution in [3.8, 4) is 0 Å². The Morgan fingerprint density at radius 1 is 1.24 bits per heavy atom. The van der Waals surface area contributed by atoms with Crippen LogP contribution in [0, 0.1) is 0 Å². The monoisotopic (exact) mass is 240 g/mol. The first kappa shape index (κ1) is 12.7. The van der Waals surface area contributed by atoms with Crippen molar-refractivity contribution in [2.24, 2.45) is 0 Å². The molecule has 0 aliphatic carbocycles. The fourth-order valence-corrected chi connectivity index (χ4v) is 2.93. The lowest BCUT2D eigenvalue weighted by molar-refractivity contribution is 0.0265. The molecule has 1 atom stereocenters. The van der Waals surface area contributed by atoms with E-state index in [0.29, 0.717) is 0 Å². The van der Waals surface area contributed by atoms with Crippen LogP contribution in [0.4, 0.5) is 4.79 Å². The van der Waals surface area contributed by atoms with Crippen LogP contribution in [0.15, 0.2) is 0 Å². The number of nitrogens with zero attached hydrogens (tertiary/aromatic N) is 2. The molecule has 0 radical (unpaired) electrons. The van der Waals surface area contributed by atoms with Crippen molar-refractivity contribution in [3.05, 3.63) is 0 Å². The summed E-state index contributed by atoms with van der Waals surface area (Å²) >= 11 is 0. The Labute approximate surface area is 104 Å². The second-order valence-electron chi connectivity index (χ2n) is 6.40. The van der Waals surface area contributed by atoms with Crippen LogP contribution in [0.1, 0.15) is 40.0 Å². The van der Waals surface area contributed by atoms with E-state index in [4.69, 9.17) is 4.74 Å². The average molecular weight is 240 g/mol. The van der Waals surface area contributed by atoms with E-state index in [0.717, 1.165) is 26.1 Å². The zero-order chi connectivity index (χ0) is 12.7. The zero-order valence-electron chi connectivity index (χ0n) is 11.5. The fraction of sp³-hybridized carbons (Fsp3) is 0.923. The summed E-state index contributed by atoms with van der Waals surface area (Å²) in [5, 5.41) is 0. The Hall–Kier alpha value is -0.770. The summed E-state index contributed by atoms with van der Waals surface area (Å²) in [5.74, 6) is 0. The van der Waals surface area contributed by atoms with E-state index in [1.807, 2.05) is 25.7 Å². The molecule has 17 heavy (non-hydrogen) atoms. The molecule has 1 amide bonds. The first-order valence-corrected chi connectivity index (χ1v) is 6.52. The Bertz CT molecular complexity index is 311. The summed E-state index contributed by atoms with van der Waals surface area (Å²) in [6, 6.07) is 0. The molecule has 0 aromatic rings. The van der Waals surface area contributed by atoms with Crippen LogP contribution in [-0.2, 0) is 4.74 Å². The van der Waals surface area contributed by atoms with E-state index < -0.39 is 5.60 Å². The van der Waals surface area contributed by atoms with E-state index in [9.17, 15) is 4.79 Å². The topological polar surface area (TPSA) is 32.8 Å². The maximum atomic E-state index is 12.0. The number of rotatable bonds is 0. The number of likely N-dealkylation sites (N-methyl/N-ethyl adjacent to an activating group) is 1. The minimum Gasteiger partial charge on any atom is -0.444 e. The molecule has 98 valence electrons. The van der Waals surface area contributed by atoms with Gasteiger partial charge >= 0.3 is 6.09 Å². The largest absolute Gasteiger partial charge is 0.444 e. The van der Waals surface area contributed by atoms with E-state index in [1.54, 1.807) is 0 Å². The maximum Gasteiger partial charge on any atom is 0.410 e. The molecule has 0 bridgehead atoms. The number of hydrogen-bond acceptors (Lipinski definition) is 3. The SMILES string of the molecule is CN1CCCC12CCN(C(=O)OC(C)(C)C)C2. The number of amides is 1. The van der Waals surface area contributed by atoms with Gasteiger partial charge in [0.15, 0.2) is 0 Å². The number of ether oxygens (including phenoxy) is 1. The lowest BCUT2D eigenvalue weighted by Gasteiger charge is -2.32. The van der Waals surface area contributed by atoms with Gasteiger partial charge in [-0.15, -0.1) is 0 Å². The molecule has 0 saturated carbocycles. The average Bonchev–Trinajstić information content (AvgIpc) is 2.74. The van der Waals surface area contributed by atoms with Gasteiger partial charge in [-0.3, -0.25) is 4.90 Å². The van der Waals surface area contributed by atoms with Crippen molar-refractivity contribution in [1.82, 2.24) is 9.80 Å². The van der Waals surface area contributed by atoms with Crippen molar-refractivity contribution in [2.45, 2.75) is 51.2 Å². The molecule has 0 aromatic heterocycles. The first-order chi connectivity index (χ1) is 7.82. The van der Waals surface area contributed by atoms with Crippen LogP contribution in [0.3, 0.4) is 0 Å². The van der Waals surface area contributed by atoms with E-state index in [1.165, 1.54) is 12.8 Å². The van der Waals surface area contributed by atoms with E-state index in [2.05, 4.69) is 11.9 Å². The van der Waals surface area contributed by atoms with Crippen molar-refractivity contribution in [2.75, 3.05) is 26.7 Å². The summed E-state index contributed by atoms with van der Waals surface area (Å²) in [7, 11) is 2.17. The highest BCUT2D eigenvalue weighted by atomic mass is 16.6. The molecule has 0 N–H and O–H groups in total. The van der Waals surface area contributed by atoms with Gasteiger partial charge in [0.1, 0.15) is 5.60 Å². The minimum absolute atomic E-state index is 0.158. The molecule has 1 unspecified atom stereocenters. The molecule has 2 aliphatic heterocycles. The summed E-state index contributed by atoms with van der Waals surface area (Å²) in [6.45, 7) is 8.56. The Morgan fingerprint density at radius 3 is 2.47 bits per heavy atom. The van der Waals surface area contributed by atoms with Gasteiger partial charge in [0, 0.05) is 18.6 Å². The predicted octanol–water partition coefficient (Wildman–Crippen LogP) is 2.09. The molecule has 2 fully saturated rings. The highest BCUT2D eigenvalue weighted by Gasteiger charge is 2.46. The Kier molecular flexibility index (Phi) is 3.10. The number of hydrogen-bond donors (Lipinski definition) is 0. The molecule has 2 heterocycles. The third kappa shape index (κ3) is 2.57. The highest BCUT2D eigenvalue weighted by Crippen LogP contribution is 2.36. The van der Waals surface area contributed by atoms with E-state index >= 15 is 0 Å². The summed E-state index contributed by atoms with van der Waals surface area (Å²) in [4.78, 5) is 16.3. The minimum atomic E-state index is -0.394. The second kappa shape index (κ2) is 4.16. The highest BCUT2D eigenvalue weighted by molar-refractivity contribution is 5.68. The second-order valence-corrected chi connectivity index (χ2v) is 6.40. The Balaban J connectivity index is 1.96. The van der Waals surface area contributed by atoms with Gasteiger partial charge in [-0.25, -0.2) is 4.79 Å². The van der Waals surface area contributed by atoms with Crippen LogP contribution in [-0.4, -0.2) is 53.7 Å². The molecule has 2 saturated heterocycles. The first-order valence-electron chi connectivity index (χ1n) is 6.52. The van der Waals surface area contributed by atoms with Crippen LogP contribution < -0.4 is 0 Å². The predicted molar refractivity (Wildman–Crippen MR) is 67.0 cm³/mol. The smallest absolute Gasteiger partial charge is 0.410 e. The Morgan fingerprint density at radius 2 is 1.94 bits per heavy atom. The maximum absolute atomic E-state index is 12.0. The van der Waals surface area contributed by atoms with Gasteiger partial charge in [-0.1, -0.05) is 0 Å². The van der Waals surface area contributed by atoms with Gasteiger partial charge in [0.25, 0.3) is 0 Å². The summed E-state index contributed by atoms with van der Waals surface area (Å²) in [5.41, 5.74) is -0.161. The van der Waals surface area contributed by atoms with Crippen molar-refractivity contribution < 1.29 is 9.53 Å². The zero-order valence-corrected chi connectivity index (χ0v) is 11.5. The third-order valence-corrected chi connectivity index (χ3v) is 3.93. The molecule has 2 rings (SSSR count). The van der Waals surface area contributed by atoms with Crippen molar-refractivity contribution >= 4 is 6.09 Å². The van der Waals surface area contributed by atoms with Crippen molar-refractivity contribution in [3.63, 3.8) is 0 Å². The molecular weight excluding hydrogens is 216 g/mol. The normalized spacial score (nSPS) is 30.2. The molecule has 1 spiro atoms. The fourth-order valence-electron chi connectivity index (χ4n) is 2.93. The van der Waals surface area contributed by atoms with Crippen LogP contribution in [0.2, 0.25) is 0 Å². The lowest BCUT2D eigenvalue weighted by atomic mass is 9.96. The molecular formula is C13H24N2O2. The van der Waals surface area contributed by atoms with Gasteiger partial charge in [-0.2, -0.15) is 0 Å². The quantitative estimate of drug-likeness (QED) is 0.650. The third-order valence-electron chi connectivity index (χ3n) is 3.93. The lowest BCUT2D eigenvalue weighted by Crippen LogP contribution is -2.45. The summed E-state index contributed by atoms with van der Waals surface area (Å²) in [6.07, 6.45) is 3.39. The van der Waals surface area contributed by atoms with Crippen LogP contribution in [0.5, 0.6) is 0 Å². The van der Waals surface area contributed by atoms with Crippen LogP contribution in [0.25, 0.3) is 0 Å². The number of likely N-dealkylation sites (tertiary alicyclic amines) is 2. The molecule has 4 nitrogen and oxygen atoms in total. The van der Waals surface area contributed by atoms with Gasteiger partial charge < -0.3 is 9.64 Å². The van der Waals surface area contributed by atoms with Gasteiger partial charge in [-0.05, 0) is 53.6 Å². The van der Waals surface area contributed by atoms with E-state index in [-0.39, 0.29) is 11.6 Å². The number of carbonyl (C=O) groups excluding carboxylic acids is 1. The van der Waals surface area contributed by atoms with Crippen molar-refractivity contribution in [1.29, 1.82) is 0 Å². The number of carbonyl (C=O) groups is 1. The van der Waals surface area contributed by atoms with Gasteiger partial charge in [0.2, 0.25) is 0 Å².